The molecule has 6 heteroatoms. The van der Waals surface area contributed by atoms with Gasteiger partial charge in [-0.1, -0.05) is 6.07 Å². The summed E-state index contributed by atoms with van der Waals surface area (Å²) in [5.74, 6) is 0.689. The van der Waals surface area contributed by atoms with E-state index in [1.165, 1.54) is 0 Å². The number of ether oxygens (including phenoxy) is 3. The van der Waals surface area contributed by atoms with Gasteiger partial charge in [0.1, 0.15) is 12.4 Å². The predicted molar refractivity (Wildman–Crippen MR) is 96.3 cm³/mol. The lowest BCUT2D eigenvalue weighted by atomic mass is 10.2. The first-order valence-corrected chi connectivity index (χ1v) is 9.10. The van der Waals surface area contributed by atoms with Crippen LogP contribution in [0.15, 0.2) is 18.2 Å². The molecular weight excluding hydrogens is 320 g/mol. The Labute approximate surface area is 149 Å². The van der Waals surface area contributed by atoms with Crippen LogP contribution in [-0.4, -0.2) is 56.6 Å². The van der Waals surface area contributed by atoms with Gasteiger partial charge in [-0.25, -0.2) is 4.79 Å². The summed E-state index contributed by atoms with van der Waals surface area (Å²) in [6.45, 7) is 4.72. The summed E-state index contributed by atoms with van der Waals surface area (Å²) in [6.07, 6.45) is 4.48. The number of nitrogens with zero attached hydrogens (tertiary/aromatic N) is 1. The summed E-state index contributed by atoms with van der Waals surface area (Å²) in [7, 11) is 1.79. The molecule has 0 bridgehead atoms. The third-order valence-corrected chi connectivity index (χ3v) is 4.68. The third kappa shape index (κ3) is 5.09. The first-order chi connectivity index (χ1) is 12.1. The highest BCUT2D eigenvalue weighted by Gasteiger charge is 2.21. The highest BCUT2D eigenvalue weighted by Crippen LogP contribution is 2.27. The van der Waals surface area contributed by atoms with E-state index in [9.17, 15) is 4.79 Å². The average Bonchev–Trinajstić information content (AvgIpc) is 3.28. The second-order valence-electron chi connectivity index (χ2n) is 6.89. The highest BCUT2D eigenvalue weighted by atomic mass is 16.5. The minimum Gasteiger partial charge on any atom is -0.489 e. The Hall–Kier alpha value is -1.79. The summed E-state index contributed by atoms with van der Waals surface area (Å²) in [5, 5.41) is 2.95. The molecule has 1 aromatic carbocycles. The molecule has 1 aromatic rings. The minimum atomic E-state index is -0.152. The quantitative estimate of drug-likeness (QED) is 0.858. The van der Waals surface area contributed by atoms with Crippen LogP contribution in [-0.2, 0) is 9.47 Å². The van der Waals surface area contributed by atoms with Crippen molar-refractivity contribution in [3.63, 3.8) is 0 Å². The molecule has 0 radical (unpaired) electrons. The lowest BCUT2D eigenvalue weighted by Crippen LogP contribution is -2.37. The molecule has 2 aliphatic rings. The van der Waals surface area contributed by atoms with E-state index >= 15 is 0 Å². The van der Waals surface area contributed by atoms with Crippen molar-refractivity contribution in [1.29, 1.82) is 0 Å². The minimum absolute atomic E-state index is 0.143. The number of carbonyl (C=O) groups excluding carboxylic acids is 1. The van der Waals surface area contributed by atoms with Gasteiger partial charge >= 0.3 is 6.03 Å². The van der Waals surface area contributed by atoms with Crippen LogP contribution in [0.2, 0.25) is 0 Å². The largest absolute Gasteiger partial charge is 0.489 e. The van der Waals surface area contributed by atoms with E-state index in [4.69, 9.17) is 14.2 Å². The molecule has 0 aliphatic carbocycles. The summed E-state index contributed by atoms with van der Waals surface area (Å²) >= 11 is 0. The zero-order valence-corrected chi connectivity index (χ0v) is 15.1. The van der Waals surface area contributed by atoms with Crippen LogP contribution in [0.1, 0.15) is 31.2 Å². The van der Waals surface area contributed by atoms with Crippen molar-refractivity contribution in [2.45, 2.75) is 44.8 Å². The van der Waals surface area contributed by atoms with Gasteiger partial charge in [0, 0.05) is 26.8 Å². The molecule has 2 saturated heterocycles. The van der Waals surface area contributed by atoms with Crippen LogP contribution in [0.4, 0.5) is 10.5 Å². The molecule has 2 aliphatic heterocycles. The number of hydrogen-bond donors (Lipinski definition) is 1. The molecule has 0 unspecified atom stereocenters. The topological polar surface area (TPSA) is 60.0 Å². The Bertz CT molecular complexity index is 581. The fourth-order valence-corrected chi connectivity index (χ4v) is 3.20. The molecule has 3 rings (SSSR count). The number of benzene rings is 1. The predicted octanol–water partition coefficient (Wildman–Crippen LogP) is 3.20. The lowest BCUT2D eigenvalue weighted by molar-refractivity contribution is 0.0681. The van der Waals surface area contributed by atoms with E-state index in [1.54, 1.807) is 11.9 Å². The molecule has 138 valence electrons. The van der Waals surface area contributed by atoms with Gasteiger partial charge in [-0.2, -0.15) is 0 Å². The molecule has 0 spiro atoms. The first-order valence-electron chi connectivity index (χ1n) is 9.10. The number of likely N-dealkylation sites (N-methyl/N-ethyl adjacent to an activating group) is 1. The van der Waals surface area contributed by atoms with E-state index in [2.05, 4.69) is 5.32 Å². The van der Waals surface area contributed by atoms with Crippen molar-refractivity contribution >= 4 is 11.7 Å². The lowest BCUT2D eigenvalue weighted by Gasteiger charge is -2.22. The number of anilines is 1. The summed E-state index contributed by atoms with van der Waals surface area (Å²) in [6, 6.07) is 5.65. The Morgan fingerprint density at radius 1 is 1.24 bits per heavy atom. The van der Waals surface area contributed by atoms with Crippen LogP contribution in [0.5, 0.6) is 5.75 Å². The van der Waals surface area contributed by atoms with E-state index < -0.39 is 0 Å². The van der Waals surface area contributed by atoms with Gasteiger partial charge in [-0.3, -0.25) is 0 Å². The smallest absolute Gasteiger partial charge is 0.321 e. The Balaban J connectivity index is 1.58. The van der Waals surface area contributed by atoms with Crippen molar-refractivity contribution in [3.05, 3.63) is 23.8 Å². The molecule has 0 aromatic heterocycles. The van der Waals surface area contributed by atoms with Gasteiger partial charge in [0.25, 0.3) is 0 Å². The van der Waals surface area contributed by atoms with Crippen molar-refractivity contribution in [2.75, 3.05) is 38.7 Å². The van der Waals surface area contributed by atoms with Gasteiger partial charge in [-0.05, 0) is 50.3 Å². The third-order valence-electron chi connectivity index (χ3n) is 4.68. The SMILES string of the molecule is Cc1ccc(NC(=O)N(C)C[C@@H]2CCCO2)c(OC[C@@H]2CCCO2)c1. The number of nitrogens with one attached hydrogen (secondary N) is 1. The number of aryl methyl sites for hydroxylation is 1. The van der Waals surface area contributed by atoms with Gasteiger partial charge in [-0.15, -0.1) is 0 Å². The van der Waals surface area contributed by atoms with Crippen LogP contribution >= 0.6 is 0 Å². The Morgan fingerprint density at radius 3 is 2.64 bits per heavy atom. The zero-order valence-electron chi connectivity index (χ0n) is 15.1. The van der Waals surface area contributed by atoms with E-state index in [1.807, 2.05) is 25.1 Å². The molecule has 0 saturated carbocycles. The molecule has 6 nitrogen and oxygen atoms in total. The zero-order chi connectivity index (χ0) is 17.6. The maximum atomic E-state index is 12.5. The molecule has 2 fully saturated rings. The summed E-state index contributed by atoms with van der Waals surface area (Å²) in [5.41, 5.74) is 1.78. The van der Waals surface area contributed by atoms with Gasteiger partial charge < -0.3 is 24.4 Å². The van der Waals surface area contributed by atoms with Crippen molar-refractivity contribution in [1.82, 2.24) is 4.90 Å². The van der Waals surface area contributed by atoms with Gasteiger partial charge in [0.05, 0.1) is 17.9 Å². The fourth-order valence-electron chi connectivity index (χ4n) is 3.20. The second kappa shape index (κ2) is 8.54. The van der Waals surface area contributed by atoms with Gasteiger partial charge in [0.15, 0.2) is 0 Å². The fraction of sp³-hybridized carbons (Fsp3) is 0.632. The van der Waals surface area contributed by atoms with Gasteiger partial charge in [0.2, 0.25) is 0 Å². The van der Waals surface area contributed by atoms with E-state index in [-0.39, 0.29) is 18.2 Å². The van der Waals surface area contributed by atoms with Crippen molar-refractivity contribution < 1.29 is 19.0 Å². The van der Waals surface area contributed by atoms with Crippen LogP contribution in [0.25, 0.3) is 0 Å². The van der Waals surface area contributed by atoms with E-state index in [0.717, 1.165) is 44.5 Å². The standard InChI is InChI=1S/C19H28N2O4/c1-14-7-8-17(18(11-14)25-13-16-6-4-10-24-16)20-19(22)21(2)12-15-5-3-9-23-15/h7-8,11,15-16H,3-6,9-10,12-13H2,1-2H3,(H,20,22)/t15-,16-/m0/s1. The number of carbonyl (C=O) groups is 1. The molecular formula is C19H28N2O4. The summed E-state index contributed by atoms with van der Waals surface area (Å²) < 4.78 is 17.1. The Kier molecular flexibility index (Phi) is 6.15. The monoisotopic (exact) mass is 348 g/mol. The maximum Gasteiger partial charge on any atom is 0.321 e. The summed E-state index contributed by atoms with van der Waals surface area (Å²) in [4.78, 5) is 14.1. The van der Waals surface area contributed by atoms with Crippen LogP contribution < -0.4 is 10.1 Å². The van der Waals surface area contributed by atoms with Crippen LogP contribution in [0, 0.1) is 6.92 Å². The van der Waals surface area contributed by atoms with Crippen molar-refractivity contribution in [3.8, 4) is 5.75 Å². The molecule has 25 heavy (non-hydrogen) atoms. The average molecular weight is 348 g/mol. The number of urea groups is 1. The van der Waals surface area contributed by atoms with E-state index in [0.29, 0.717) is 24.6 Å². The second-order valence-corrected chi connectivity index (χ2v) is 6.89. The molecule has 2 amide bonds. The Morgan fingerprint density at radius 2 is 1.96 bits per heavy atom. The van der Waals surface area contributed by atoms with Crippen molar-refractivity contribution in [2.24, 2.45) is 0 Å². The molecule has 2 heterocycles. The van der Waals surface area contributed by atoms with Crippen LogP contribution in [0.3, 0.4) is 0 Å². The molecule has 2 atom stereocenters. The maximum absolute atomic E-state index is 12.5. The number of rotatable bonds is 6. The number of amides is 2. The molecule has 1 N–H and O–H groups in total. The first kappa shape index (κ1) is 18.0. The number of hydrogen-bond acceptors (Lipinski definition) is 4. The highest BCUT2D eigenvalue weighted by molar-refractivity contribution is 5.90. The normalized spacial score (nSPS) is 22.8.